The molecule has 2 atom stereocenters. The van der Waals surface area contributed by atoms with Gasteiger partial charge in [0.15, 0.2) is 5.78 Å². The molecule has 0 heterocycles. The summed E-state index contributed by atoms with van der Waals surface area (Å²) in [7, 11) is 2.13. The summed E-state index contributed by atoms with van der Waals surface area (Å²) in [5, 5.41) is 7.22. The number of nitrogens with one attached hydrogen (secondary N) is 2. The Kier molecular flexibility index (Phi) is 8.54. The Balaban J connectivity index is 1.42. The van der Waals surface area contributed by atoms with Crippen LogP contribution in [0.5, 0.6) is 0 Å². The molecule has 4 rings (SSSR count). The summed E-state index contributed by atoms with van der Waals surface area (Å²) in [4.78, 5) is 15.9. The highest BCUT2D eigenvalue weighted by atomic mass is 16.5. The van der Waals surface area contributed by atoms with E-state index in [2.05, 4.69) is 108 Å². The average molecular weight is 534 g/mol. The lowest BCUT2D eigenvalue weighted by molar-refractivity contribution is -0.0250. The number of ether oxygens (including phenoxy) is 1. The molecule has 0 amide bonds. The SMILES string of the molecule is CCC(C)(C)OCCC(C)(C)Nc1ccc(Nc2ccc3c(c2)C(C)(C)[C@@H](C)C(N(C)CC2CC2)C3=O)cc1. The number of carbonyl (C=O) groups is 1. The fourth-order valence-electron chi connectivity index (χ4n) is 5.74. The van der Waals surface area contributed by atoms with E-state index in [4.69, 9.17) is 4.74 Å². The molecule has 2 aliphatic rings. The van der Waals surface area contributed by atoms with Gasteiger partial charge in [0, 0.05) is 41.3 Å². The minimum atomic E-state index is -0.0984. The molecule has 214 valence electrons. The van der Waals surface area contributed by atoms with E-state index in [1.165, 1.54) is 12.8 Å². The van der Waals surface area contributed by atoms with Crippen LogP contribution in [0.15, 0.2) is 42.5 Å². The molecule has 5 nitrogen and oxygen atoms in total. The highest BCUT2D eigenvalue weighted by molar-refractivity contribution is 6.03. The summed E-state index contributed by atoms with van der Waals surface area (Å²) in [6, 6.07) is 14.7. The zero-order chi connectivity index (χ0) is 28.6. The fourth-order valence-corrected chi connectivity index (χ4v) is 5.74. The van der Waals surface area contributed by atoms with Gasteiger partial charge < -0.3 is 15.4 Å². The van der Waals surface area contributed by atoms with E-state index in [0.717, 1.165) is 60.1 Å². The van der Waals surface area contributed by atoms with E-state index in [1.54, 1.807) is 0 Å². The monoisotopic (exact) mass is 533 g/mol. The van der Waals surface area contributed by atoms with E-state index >= 15 is 0 Å². The van der Waals surface area contributed by atoms with Gasteiger partial charge in [-0.3, -0.25) is 9.69 Å². The van der Waals surface area contributed by atoms with Crippen LogP contribution in [0, 0.1) is 11.8 Å². The molecule has 39 heavy (non-hydrogen) atoms. The van der Waals surface area contributed by atoms with Gasteiger partial charge in [0.1, 0.15) is 0 Å². The molecule has 5 heteroatoms. The molecule has 0 aromatic heterocycles. The summed E-state index contributed by atoms with van der Waals surface area (Å²) in [5.41, 5.74) is 4.92. The molecule has 0 saturated heterocycles. The number of anilines is 3. The Bertz CT molecular complexity index is 1150. The van der Waals surface area contributed by atoms with Crippen LogP contribution in [0.3, 0.4) is 0 Å². The highest BCUT2D eigenvalue weighted by Gasteiger charge is 2.46. The van der Waals surface area contributed by atoms with Crippen LogP contribution in [-0.2, 0) is 10.2 Å². The van der Waals surface area contributed by atoms with Crippen LogP contribution in [0.1, 0.15) is 97.0 Å². The minimum absolute atomic E-state index is 0.0547. The summed E-state index contributed by atoms with van der Waals surface area (Å²) in [6.45, 7) is 19.5. The molecule has 0 aliphatic heterocycles. The van der Waals surface area contributed by atoms with Crippen LogP contribution in [0.2, 0.25) is 0 Å². The van der Waals surface area contributed by atoms with Gasteiger partial charge in [-0.2, -0.15) is 0 Å². The van der Waals surface area contributed by atoms with Gasteiger partial charge in [0.05, 0.1) is 11.6 Å². The lowest BCUT2D eigenvalue weighted by atomic mass is 9.63. The molecule has 0 bridgehead atoms. The topological polar surface area (TPSA) is 53.6 Å². The van der Waals surface area contributed by atoms with Gasteiger partial charge in [-0.15, -0.1) is 0 Å². The number of rotatable bonds is 12. The molecule has 2 N–H and O–H groups in total. The first-order valence-electron chi connectivity index (χ1n) is 14.9. The van der Waals surface area contributed by atoms with Crippen LogP contribution in [0.25, 0.3) is 0 Å². The molecule has 1 fully saturated rings. The third-order valence-corrected chi connectivity index (χ3v) is 9.31. The molecule has 2 aromatic carbocycles. The Morgan fingerprint density at radius 1 is 1.00 bits per heavy atom. The number of carbonyl (C=O) groups excluding carboxylic acids is 1. The summed E-state index contributed by atoms with van der Waals surface area (Å²) in [6.07, 6.45) is 4.53. The zero-order valence-electron chi connectivity index (χ0n) is 25.8. The highest BCUT2D eigenvalue weighted by Crippen LogP contribution is 2.44. The van der Waals surface area contributed by atoms with Gasteiger partial charge in [0.2, 0.25) is 0 Å². The number of nitrogens with zero attached hydrogens (tertiary/aromatic N) is 1. The predicted molar refractivity (Wildman–Crippen MR) is 164 cm³/mol. The van der Waals surface area contributed by atoms with Crippen LogP contribution >= 0.6 is 0 Å². The van der Waals surface area contributed by atoms with Crippen LogP contribution < -0.4 is 10.6 Å². The van der Waals surface area contributed by atoms with Crippen molar-refractivity contribution in [3.63, 3.8) is 0 Å². The van der Waals surface area contributed by atoms with Crippen molar-refractivity contribution >= 4 is 22.8 Å². The number of Topliss-reactive ketones (excluding diaryl/α,β-unsaturated/α-hetero) is 1. The number of hydrogen-bond acceptors (Lipinski definition) is 5. The first-order valence-corrected chi connectivity index (χ1v) is 14.9. The van der Waals surface area contributed by atoms with Gasteiger partial charge in [-0.25, -0.2) is 0 Å². The molecule has 1 unspecified atom stereocenters. The summed E-state index contributed by atoms with van der Waals surface area (Å²) >= 11 is 0. The second kappa shape index (κ2) is 11.2. The molecule has 1 saturated carbocycles. The number of likely N-dealkylation sites (N-methyl/N-ethyl adjacent to an activating group) is 1. The fraction of sp³-hybridized carbons (Fsp3) is 0.618. The van der Waals surface area contributed by atoms with E-state index in [1.807, 2.05) is 12.1 Å². The number of hydrogen-bond donors (Lipinski definition) is 2. The van der Waals surface area contributed by atoms with Crippen molar-refractivity contribution in [1.82, 2.24) is 4.90 Å². The smallest absolute Gasteiger partial charge is 0.180 e. The minimum Gasteiger partial charge on any atom is -0.380 e. The Hall–Kier alpha value is -2.37. The number of fused-ring (bicyclic) bond motifs is 1. The third kappa shape index (κ3) is 7.05. The summed E-state index contributed by atoms with van der Waals surface area (Å²) < 4.78 is 6.07. The maximum atomic E-state index is 13.6. The maximum Gasteiger partial charge on any atom is 0.180 e. The zero-order valence-corrected chi connectivity index (χ0v) is 25.8. The van der Waals surface area contributed by atoms with Crippen molar-refractivity contribution in [3.8, 4) is 0 Å². The van der Waals surface area contributed by atoms with E-state index in [9.17, 15) is 4.79 Å². The van der Waals surface area contributed by atoms with Crippen molar-refractivity contribution in [3.05, 3.63) is 53.6 Å². The maximum absolute atomic E-state index is 13.6. The van der Waals surface area contributed by atoms with Gasteiger partial charge in [-0.05, 0) is 126 Å². The largest absolute Gasteiger partial charge is 0.380 e. The second-order valence-electron chi connectivity index (χ2n) is 13.9. The quantitative estimate of drug-likeness (QED) is 0.289. The van der Waals surface area contributed by atoms with Gasteiger partial charge in [-0.1, -0.05) is 27.7 Å². The van der Waals surface area contributed by atoms with E-state index in [0.29, 0.717) is 0 Å². The standard InChI is InChI=1S/C34H51N3O2/c1-10-33(5,6)39-20-19-32(3,4)36-26-15-13-25(14-16-26)35-27-17-18-28-29(21-27)34(7,8)23(2)30(31(28)38)37(9)22-24-11-12-24/h13-18,21,23-24,30,35-36H,10-12,19-20,22H2,1-9H3/t23-,30?/m0/s1. The van der Waals surface area contributed by atoms with Crippen molar-refractivity contribution in [2.45, 2.75) is 104 Å². The predicted octanol–water partition coefficient (Wildman–Crippen LogP) is 8.04. The Morgan fingerprint density at radius 2 is 1.62 bits per heavy atom. The number of ketones is 1. The Labute approximate surface area is 237 Å². The van der Waals surface area contributed by atoms with Crippen molar-refractivity contribution < 1.29 is 9.53 Å². The Morgan fingerprint density at radius 3 is 2.23 bits per heavy atom. The average Bonchev–Trinajstić information content (AvgIpc) is 3.68. The number of benzene rings is 2. The van der Waals surface area contributed by atoms with Crippen LogP contribution in [0.4, 0.5) is 17.1 Å². The van der Waals surface area contributed by atoms with Crippen molar-refractivity contribution in [2.24, 2.45) is 11.8 Å². The summed E-state index contributed by atoms with van der Waals surface area (Å²) in [5.74, 6) is 1.28. The lowest BCUT2D eigenvalue weighted by Gasteiger charge is -2.46. The van der Waals surface area contributed by atoms with E-state index < -0.39 is 0 Å². The molecular weight excluding hydrogens is 482 g/mol. The van der Waals surface area contributed by atoms with Crippen LogP contribution in [-0.4, -0.2) is 48.1 Å². The second-order valence-corrected chi connectivity index (χ2v) is 13.9. The van der Waals surface area contributed by atoms with Gasteiger partial charge >= 0.3 is 0 Å². The third-order valence-electron chi connectivity index (χ3n) is 9.31. The molecule has 2 aromatic rings. The lowest BCUT2D eigenvalue weighted by Crippen LogP contribution is -2.53. The first kappa shape index (κ1) is 29.6. The van der Waals surface area contributed by atoms with Crippen molar-refractivity contribution in [1.29, 1.82) is 0 Å². The first-order chi connectivity index (χ1) is 18.2. The molecule has 0 radical (unpaired) electrons. The molecule has 2 aliphatic carbocycles. The van der Waals surface area contributed by atoms with Crippen molar-refractivity contribution in [2.75, 3.05) is 30.8 Å². The van der Waals surface area contributed by atoms with Gasteiger partial charge in [0.25, 0.3) is 0 Å². The molecular formula is C34H51N3O2. The van der Waals surface area contributed by atoms with E-state index in [-0.39, 0.29) is 34.3 Å². The normalized spacial score (nSPS) is 21.1. The molecule has 0 spiro atoms.